The molecule has 7 nitrogen and oxygen atoms in total. The lowest BCUT2D eigenvalue weighted by Gasteiger charge is -2.26. The Hall–Kier alpha value is -3.48. The number of aryl methyl sites for hydroxylation is 2. The standard InChI is InChI=1S/C23H24N4O3/c1-15-22(27(29)30)16(2)26(25-15)14-17-10-12-19(13-11-17)23(28)24-21-9-5-7-18-6-3-4-8-20(18)21/h3-4,6,8,10-13,21H,5,7,9,14H2,1-2H3,(H,24,28)/t21-/m0/s1. The van der Waals surface area contributed by atoms with Crippen LogP contribution in [0.4, 0.5) is 5.69 Å². The number of aromatic nitrogens is 2. The minimum absolute atomic E-state index is 0.0392. The summed E-state index contributed by atoms with van der Waals surface area (Å²) >= 11 is 0. The van der Waals surface area contributed by atoms with Crippen molar-refractivity contribution in [1.82, 2.24) is 15.1 Å². The van der Waals surface area contributed by atoms with E-state index in [4.69, 9.17) is 0 Å². The Morgan fingerprint density at radius 2 is 1.93 bits per heavy atom. The number of hydrogen-bond donors (Lipinski definition) is 1. The molecule has 0 spiro atoms. The molecule has 0 radical (unpaired) electrons. The maximum atomic E-state index is 12.8. The average Bonchev–Trinajstić information content (AvgIpc) is 3.02. The number of nitrogens with zero attached hydrogens (tertiary/aromatic N) is 3. The van der Waals surface area contributed by atoms with Crippen molar-refractivity contribution in [2.24, 2.45) is 0 Å². The Kier molecular flexibility index (Phi) is 5.35. The fraction of sp³-hybridized carbons (Fsp3) is 0.304. The second kappa shape index (κ2) is 8.10. The van der Waals surface area contributed by atoms with E-state index in [1.165, 1.54) is 11.1 Å². The summed E-state index contributed by atoms with van der Waals surface area (Å²) in [7, 11) is 0. The van der Waals surface area contributed by atoms with Crippen molar-refractivity contribution >= 4 is 11.6 Å². The molecule has 0 saturated carbocycles. The summed E-state index contributed by atoms with van der Waals surface area (Å²) in [6.45, 7) is 3.75. The molecule has 0 unspecified atom stereocenters. The summed E-state index contributed by atoms with van der Waals surface area (Å²) in [4.78, 5) is 23.5. The predicted octanol–water partition coefficient (Wildman–Crippen LogP) is 4.26. The number of carbonyl (C=O) groups is 1. The van der Waals surface area contributed by atoms with Gasteiger partial charge in [-0.2, -0.15) is 5.10 Å². The van der Waals surface area contributed by atoms with Gasteiger partial charge in [-0.15, -0.1) is 0 Å². The van der Waals surface area contributed by atoms with Gasteiger partial charge in [-0.1, -0.05) is 36.4 Å². The zero-order chi connectivity index (χ0) is 21.3. The van der Waals surface area contributed by atoms with Crippen LogP contribution in [0.25, 0.3) is 0 Å². The Morgan fingerprint density at radius 1 is 1.20 bits per heavy atom. The highest BCUT2D eigenvalue weighted by Crippen LogP contribution is 2.29. The first-order valence-electron chi connectivity index (χ1n) is 10.1. The van der Waals surface area contributed by atoms with E-state index in [-0.39, 0.29) is 17.6 Å². The van der Waals surface area contributed by atoms with Gasteiger partial charge in [0.25, 0.3) is 5.91 Å². The zero-order valence-corrected chi connectivity index (χ0v) is 17.1. The lowest BCUT2D eigenvalue weighted by molar-refractivity contribution is -0.386. The number of carbonyl (C=O) groups excluding carboxylic acids is 1. The third kappa shape index (κ3) is 3.83. The van der Waals surface area contributed by atoms with Crippen LogP contribution < -0.4 is 5.32 Å². The van der Waals surface area contributed by atoms with Crippen LogP contribution in [0.3, 0.4) is 0 Å². The molecule has 1 atom stereocenters. The SMILES string of the molecule is Cc1nn(Cc2ccc(C(=O)N[C@H]3CCCc4ccccc43)cc2)c(C)c1[N+](=O)[O-]. The van der Waals surface area contributed by atoms with Gasteiger partial charge in [0, 0.05) is 5.56 Å². The van der Waals surface area contributed by atoms with Crippen molar-refractivity contribution in [3.63, 3.8) is 0 Å². The Balaban J connectivity index is 1.46. The Morgan fingerprint density at radius 3 is 2.63 bits per heavy atom. The van der Waals surface area contributed by atoms with Gasteiger partial charge < -0.3 is 5.32 Å². The van der Waals surface area contributed by atoms with Crippen molar-refractivity contribution in [3.05, 3.63) is 92.3 Å². The van der Waals surface area contributed by atoms with Gasteiger partial charge >= 0.3 is 5.69 Å². The first kappa shape index (κ1) is 19.8. The summed E-state index contributed by atoms with van der Waals surface area (Å²) < 4.78 is 1.63. The monoisotopic (exact) mass is 404 g/mol. The first-order valence-corrected chi connectivity index (χ1v) is 10.1. The maximum absolute atomic E-state index is 12.8. The van der Waals surface area contributed by atoms with Gasteiger partial charge in [-0.25, -0.2) is 0 Å². The number of rotatable bonds is 5. The highest BCUT2D eigenvalue weighted by Gasteiger charge is 2.23. The van der Waals surface area contributed by atoms with Gasteiger partial charge in [0.05, 0.1) is 17.5 Å². The lowest BCUT2D eigenvalue weighted by Crippen LogP contribution is -2.30. The average molecular weight is 404 g/mol. The zero-order valence-electron chi connectivity index (χ0n) is 17.1. The van der Waals surface area contributed by atoms with E-state index in [0.29, 0.717) is 23.5 Å². The van der Waals surface area contributed by atoms with Crippen LogP contribution in [0, 0.1) is 24.0 Å². The van der Waals surface area contributed by atoms with Crippen LogP contribution in [-0.4, -0.2) is 20.6 Å². The predicted molar refractivity (Wildman–Crippen MR) is 113 cm³/mol. The van der Waals surface area contributed by atoms with Crippen LogP contribution in [0.1, 0.15) is 57.3 Å². The van der Waals surface area contributed by atoms with Crippen molar-refractivity contribution in [2.75, 3.05) is 0 Å². The molecule has 1 amide bonds. The van der Waals surface area contributed by atoms with Crippen molar-refractivity contribution in [2.45, 2.75) is 45.7 Å². The smallest absolute Gasteiger partial charge is 0.312 e. The molecule has 0 saturated heterocycles. The molecule has 4 rings (SSSR count). The van der Waals surface area contributed by atoms with Crippen LogP contribution in [0.2, 0.25) is 0 Å². The van der Waals surface area contributed by atoms with Gasteiger partial charge in [0.15, 0.2) is 0 Å². The van der Waals surface area contributed by atoms with E-state index in [9.17, 15) is 14.9 Å². The van der Waals surface area contributed by atoms with E-state index < -0.39 is 4.92 Å². The highest BCUT2D eigenvalue weighted by atomic mass is 16.6. The van der Waals surface area contributed by atoms with Crippen molar-refractivity contribution in [1.29, 1.82) is 0 Å². The van der Waals surface area contributed by atoms with E-state index in [1.807, 2.05) is 24.3 Å². The number of nitrogens with one attached hydrogen (secondary N) is 1. The number of nitro groups is 1. The van der Waals surface area contributed by atoms with Gasteiger partial charge in [-0.3, -0.25) is 19.6 Å². The molecule has 154 valence electrons. The minimum atomic E-state index is -0.398. The molecule has 1 aliphatic rings. The van der Waals surface area contributed by atoms with Crippen LogP contribution in [-0.2, 0) is 13.0 Å². The summed E-state index contributed by atoms with van der Waals surface area (Å²) in [6.07, 6.45) is 3.06. The van der Waals surface area contributed by atoms with Crippen molar-refractivity contribution < 1.29 is 9.72 Å². The minimum Gasteiger partial charge on any atom is -0.345 e. The van der Waals surface area contributed by atoms with E-state index >= 15 is 0 Å². The van der Waals surface area contributed by atoms with E-state index in [0.717, 1.165) is 24.8 Å². The summed E-state index contributed by atoms with van der Waals surface area (Å²) in [5.41, 5.74) is 5.02. The third-order valence-corrected chi connectivity index (χ3v) is 5.75. The third-order valence-electron chi connectivity index (χ3n) is 5.75. The Labute approximate surface area is 174 Å². The number of fused-ring (bicyclic) bond motifs is 1. The molecule has 3 aromatic rings. The van der Waals surface area contributed by atoms with Crippen LogP contribution in [0.15, 0.2) is 48.5 Å². The fourth-order valence-electron chi connectivity index (χ4n) is 4.19. The topological polar surface area (TPSA) is 90.1 Å². The molecule has 0 bridgehead atoms. The molecule has 2 aromatic carbocycles. The van der Waals surface area contributed by atoms with Crippen LogP contribution >= 0.6 is 0 Å². The number of hydrogen-bond acceptors (Lipinski definition) is 4. The second-order valence-electron chi connectivity index (χ2n) is 7.75. The highest BCUT2D eigenvalue weighted by molar-refractivity contribution is 5.94. The number of amides is 1. The molecule has 30 heavy (non-hydrogen) atoms. The first-order chi connectivity index (χ1) is 14.4. The molecule has 7 heteroatoms. The summed E-state index contributed by atoms with van der Waals surface area (Å²) in [5, 5.41) is 18.6. The second-order valence-corrected chi connectivity index (χ2v) is 7.75. The van der Waals surface area contributed by atoms with Gasteiger partial charge in [0.2, 0.25) is 0 Å². The molecule has 1 aliphatic carbocycles. The summed E-state index contributed by atoms with van der Waals surface area (Å²) in [6, 6.07) is 15.6. The van der Waals surface area contributed by atoms with E-state index in [2.05, 4.69) is 22.5 Å². The molecular formula is C23H24N4O3. The molecule has 0 aliphatic heterocycles. The largest absolute Gasteiger partial charge is 0.345 e. The maximum Gasteiger partial charge on any atom is 0.312 e. The molecule has 0 fully saturated rings. The quantitative estimate of drug-likeness (QED) is 0.508. The normalized spacial score (nSPS) is 15.5. The van der Waals surface area contributed by atoms with Crippen molar-refractivity contribution in [3.8, 4) is 0 Å². The molecule has 1 heterocycles. The van der Waals surface area contributed by atoms with Gasteiger partial charge in [-0.05, 0) is 61.9 Å². The number of benzene rings is 2. The fourth-order valence-corrected chi connectivity index (χ4v) is 4.19. The van der Waals surface area contributed by atoms with Crippen LogP contribution in [0.5, 0.6) is 0 Å². The summed E-state index contributed by atoms with van der Waals surface area (Å²) in [5.74, 6) is -0.0926. The Bertz CT molecular complexity index is 1100. The van der Waals surface area contributed by atoms with E-state index in [1.54, 1.807) is 30.7 Å². The molecular weight excluding hydrogens is 380 g/mol. The molecule has 1 aromatic heterocycles. The van der Waals surface area contributed by atoms with Gasteiger partial charge in [0.1, 0.15) is 11.4 Å². The molecule has 1 N–H and O–H groups in total. The lowest BCUT2D eigenvalue weighted by atomic mass is 9.87.